The largest absolute Gasteiger partial charge is 0.478 e. The van der Waals surface area contributed by atoms with Crippen LogP contribution in [0.4, 0.5) is 11.5 Å². The zero-order chi connectivity index (χ0) is 14.0. The quantitative estimate of drug-likeness (QED) is 0.843. The van der Waals surface area contributed by atoms with Crippen LogP contribution in [0.15, 0.2) is 24.3 Å². The maximum absolute atomic E-state index is 10.9. The number of nitrogens with zero attached hydrogens (tertiary/aromatic N) is 2. The van der Waals surface area contributed by atoms with Crippen LogP contribution in [0.1, 0.15) is 21.7 Å². The number of carboxylic acids is 1. The number of hydrogen-bond acceptors (Lipinski definition) is 4. The minimum absolute atomic E-state index is 0.0835. The first-order valence-corrected chi connectivity index (χ1v) is 5.95. The van der Waals surface area contributed by atoms with Crippen molar-refractivity contribution in [2.24, 2.45) is 0 Å². The number of aromatic nitrogens is 2. The Hall–Kier alpha value is -2.14. The average molecular weight is 278 g/mol. The fourth-order valence-electron chi connectivity index (χ4n) is 1.64. The van der Waals surface area contributed by atoms with Crippen LogP contribution in [-0.4, -0.2) is 21.0 Å². The molecular weight excluding hydrogens is 266 g/mol. The van der Waals surface area contributed by atoms with E-state index in [2.05, 4.69) is 15.3 Å². The molecule has 19 heavy (non-hydrogen) atoms. The first-order chi connectivity index (χ1) is 8.95. The Morgan fingerprint density at radius 3 is 2.63 bits per heavy atom. The zero-order valence-electron chi connectivity index (χ0n) is 10.4. The number of pyridine rings is 2. The van der Waals surface area contributed by atoms with Gasteiger partial charge in [-0.05, 0) is 38.1 Å². The van der Waals surface area contributed by atoms with Crippen LogP contribution < -0.4 is 5.32 Å². The van der Waals surface area contributed by atoms with E-state index < -0.39 is 5.97 Å². The molecule has 0 amide bonds. The van der Waals surface area contributed by atoms with Gasteiger partial charge in [0.15, 0.2) is 0 Å². The molecule has 0 fully saturated rings. The smallest absolute Gasteiger partial charge is 0.335 e. The van der Waals surface area contributed by atoms with Gasteiger partial charge in [0.2, 0.25) is 0 Å². The highest BCUT2D eigenvalue weighted by Gasteiger charge is 2.08. The SMILES string of the molecule is Cc1ccc(Nc2cc(C(=O)O)cc(Cl)n2)c(C)n1. The predicted molar refractivity (Wildman–Crippen MR) is 73.2 cm³/mol. The zero-order valence-corrected chi connectivity index (χ0v) is 11.2. The van der Waals surface area contributed by atoms with Crippen molar-refractivity contribution < 1.29 is 9.90 Å². The summed E-state index contributed by atoms with van der Waals surface area (Å²) in [6.45, 7) is 3.76. The van der Waals surface area contributed by atoms with E-state index in [1.165, 1.54) is 12.1 Å². The number of anilines is 2. The van der Waals surface area contributed by atoms with E-state index >= 15 is 0 Å². The second-order valence-electron chi connectivity index (χ2n) is 4.08. The van der Waals surface area contributed by atoms with Gasteiger partial charge in [0.05, 0.1) is 16.9 Å². The normalized spacial score (nSPS) is 10.3. The van der Waals surface area contributed by atoms with Crippen LogP contribution in [0.5, 0.6) is 0 Å². The van der Waals surface area contributed by atoms with Gasteiger partial charge < -0.3 is 10.4 Å². The van der Waals surface area contributed by atoms with E-state index in [9.17, 15) is 4.79 Å². The first-order valence-electron chi connectivity index (χ1n) is 5.58. The minimum Gasteiger partial charge on any atom is -0.478 e. The molecule has 2 aromatic heterocycles. The summed E-state index contributed by atoms with van der Waals surface area (Å²) < 4.78 is 0. The molecule has 2 N–H and O–H groups in total. The second kappa shape index (κ2) is 5.24. The van der Waals surface area contributed by atoms with Gasteiger partial charge in [-0.15, -0.1) is 0 Å². The molecule has 0 spiro atoms. The molecule has 2 aromatic rings. The summed E-state index contributed by atoms with van der Waals surface area (Å²) >= 11 is 5.80. The van der Waals surface area contributed by atoms with E-state index in [0.29, 0.717) is 5.82 Å². The Morgan fingerprint density at radius 2 is 2.00 bits per heavy atom. The summed E-state index contributed by atoms with van der Waals surface area (Å²) in [5.41, 5.74) is 2.56. The molecule has 98 valence electrons. The van der Waals surface area contributed by atoms with Gasteiger partial charge in [0, 0.05) is 5.69 Å². The van der Waals surface area contributed by atoms with Crippen molar-refractivity contribution >= 4 is 29.1 Å². The fourth-order valence-corrected chi connectivity index (χ4v) is 1.85. The van der Waals surface area contributed by atoms with E-state index in [4.69, 9.17) is 16.7 Å². The Kier molecular flexibility index (Phi) is 3.66. The molecule has 0 aliphatic rings. The molecule has 0 saturated heterocycles. The van der Waals surface area contributed by atoms with Crippen molar-refractivity contribution in [2.45, 2.75) is 13.8 Å². The average Bonchev–Trinajstić information content (AvgIpc) is 2.32. The Labute approximate surface area is 115 Å². The number of halogens is 1. The van der Waals surface area contributed by atoms with Crippen LogP contribution in [0.2, 0.25) is 5.15 Å². The summed E-state index contributed by atoms with van der Waals surface area (Å²) in [6, 6.07) is 6.45. The van der Waals surface area contributed by atoms with E-state index in [0.717, 1.165) is 17.1 Å². The van der Waals surface area contributed by atoms with Crippen molar-refractivity contribution in [1.29, 1.82) is 0 Å². The van der Waals surface area contributed by atoms with Gasteiger partial charge in [-0.2, -0.15) is 0 Å². The third kappa shape index (κ3) is 3.20. The van der Waals surface area contributed by atoms with E-state index in [1.54, 1.807) is 0 Å². The summed E-state index contributed by atoms with van der Waals surface area (Å²) in [6.07, 6.45) is 0. The number of carbonyl (C=O) groups is 1. The number of nitrogens with one attached hydrogen (secondary N) is 1. The molecule has 0 atom stereocenters. The van der Waals surface area contributed by atoms with Crippen molar-refractivity contribution in [2.75, 3.05) is 5.32 Å². The Bertz CT molecular complexity index is 644. The Morgan fingerprint density at radius 1 is 1.26 bits per heavy atom. The van der Waals surface area contributed by atoms with Crippen LogP contribution >= 0.6 is 11.6 Å². The van der Waals surface area contributed by atoms with Crippen LogP contribution in [-0.2, 0) is 0 Å². The monoisotopic (exact) mass is 277 g/mol. The maximum Gasteiger partial charge on any atom is 0.335 e. The lowest BCUT2D eigenvalue weighted by atomic mass is 10.2. The molecule has 0 bridgehead atoms. The van der Waals surface area contributed by atoms with E-state index in [-0.39, 0.29) is 10.7 Å². The van der Waals surface area contributed by atoms with Gasteiger partial charge in [-0.3, -0.25) is 4.98 Å². The molecule has 0 radical (unpaired) electrons. The van der Waals surface area contributed by atoms with Crippen LogP contribution in [0.3, 0.4) is 0 Å². The first kappa shape index (κ1) is 13.3. The van der Waals surface area contributed by atoms with E-state index in [1.807, 2.05) is 26.0 Å². The highest BCUT2D eigenvalue weighted by atomic mass is 35.5. The number of hydrogen-bond donors (Lipinski definition) is 2. The molecule has 0 unspecified atom stereocenters. The van der Waals surface area contributed by atoms with Gasteiger partial charge in [-0.1, -0.05) is 11.6 Å². The number of aromatic carboxylic acids is 1. The fraction of sp³-hybridized carbons (Fsp3) is 0.154. The molecule has 2 heterocycles. The van der Waals surface area contributed by atoms with Gasteiger partial charge in [-0.25, -0.2) is 9.78 Å². The van der Waals surface area contributed by atoms with Gasteiger partial charge in [0.25, 0.3) is 0 Å². The molecule has 0 aliphatic heterocycles. The molecule has 6 heteroatoms. The molecule has 0 aromatic carbocycles. The van der Waals surface area contributed by atoms with Crippen molar-refractivity contribution in [3.05, 3.63) is 46.4 Å². The molecule has 0 saturated carbocycles. The lowest BCUT2D eigenvalue weighted by Gasteiger charge is -2.09. The van der Waals surface area contributed by atoms with Crippen LogP contribution in [0.25, 0.3) is 0 Å². The Balaban J connectivity index is 2.35. The van der Waals surface area contributed by atoms with Gasteiger partial charge >= 0.3 is 5.97 Å². The minimum atomic E-state index is -1.05. The van der Waals surface area contributed by atoms with Crippen molar-refractivity contribution in [1.82, 2.24) is 9.97 Å². The lowest BCUT2D eigenvalue weighted by molar-refractivity contribution is 0.0697. The van der Waals surface area contributed by atoms with Crippen LogP contribution in [0, 0.1) is 13.8 Å². The second-order valence-corrected chi connectivity index (χ2v) is 4.47. The third-order valence-corrected chi connectivity index (χ3v) is 2.72. The molecular formula is C13H12ClN3O2. The predicted octanol–water partition coefficient (Wildman–Crippen LogP) is 3.19. The molecule has 0 aliphatic carbocycles. The summed E-state index contributed by atoms with van der Waals surface area (Å²) in [7, 11) is 0. The summed E-state index contributed by atoms with van der Waals surface area (Å²) in [4.78, 5) is 19.3. The van der Waals surface area contributed by atoms with Gasteiger partial charge in [0.1, 0.15) is 11.0 Å². The number of aryl methyl sites for hydroxylation is 2. The van der Waals surface area contributed by atoms with Crippen molar-refractivity contribution in [3.63, 3.8) is 0 Å². The lowest BCUT2D eigenvalue weighted by Crippen LogP contribution is -2.02. The summed E-state index contributed by atoms with van der Waals surface area (Å²) in [5.74, 6) is -0.676. The summed E-state index contributed by atoms with van der Waals surface area (Å²) in [5, 5.41) is 12.1. The molecule has 2 rings (SSSR count). The highest BCUT2D eigenvalue weighted by molar-refractivity contribution is 6.29. The highest BCUT2D eigenvalue weighted by Crippen LogP contribution is 2.21. The van der Waals surface area contributed by atoms with Crippen molar-refractivity contribution in [3.8, 4) is 0 Å². The molecule has 5 nitrogen and oxygen atoms in total. The topological polar surface area (TPSA) is 75.1 Å². The third-order valence-electron chi connectivity index (χ3n) is 2.53. The number of carboxylic acid groups (broad SMARTS) is 1. The number of rotatable bonds is 3. The maximum atomic E-state index is 10.9. The standard InChI is InChI=1S/C13H12ClN3O2/c1-7-3-4-10(8(2)15-7)16-12-6-9(13(18)19)5-11(14)17-12/h3-6H,1-2H3,(H,16,17)(H,18,19).